The van der Waals surface area contributed by atoms with E-state index in [1.807, 2.05) is 0 Å². The maximum absolute atomic E-state index is 9.69. The fourth-order valence-corrected chi connectivity index (χ4v) is 1.00. The molecule has 92 valence electrons. The first-order valence-corrected chi connectivity index (χ1v) is 5.35. The van der Waals surface area contributed by atoms with Gasteiger partial charge in [-0.3, -0.25) is 0 Å². The normalized spacial score (nSPS) is 14.7. The lowest BCUT2D eigenvalue weighted by Gasteiger charge is -2.12. The quantitative estimate of drug-likeness (QED) is 0.514. The Balaban J connectivity index is 4.29. The summed E-state index contributed by atoms with van der Waals surface area (Å²) < 4.78 is 5.28. The van der Waals surface area contributed by atoms with E-state index >= 15 is 0 Å². The van der Waals surface area contributed by atoms with E-state index in [1.165, 1.54) is 0 Å². The van der Waals surface area contributed by atoms with Crippen LogP contribution in [0.25, 0.3) is 0 Å². The molecule has 0 saturated heterocycles. The fraction of sp³-hybridized carbons (Fsp3) is 0.200. The molecule has 0 bridgehead atoms. The summed E-state index contributed by atoms with van der Waals surface area (Å²) in [7, 11) is 0. The monoisotopic (exact) mass is 232 g/mol. The number of ether oxygens (including phenoxy) is 1. The zero-order valence-corrected chi connectivity index (χ0v) is 10.3. The molecule has 2 heteroatoms. The highest BCUT2D eigenvalue weighted by Gasteiger charge is 2.05. The first-order valence-electron chi connectivity index (χ1n) is 5.35. The average Bonchev–Trinajstić information content (AvgIpc) is 2.34. The van der Waals surface area contributed by atoms with E-state index in [0.717, 1.165) is 11.1 Å². The first kappa shape index (κ1) is 15.4. The molecule has 0 radical (unpaired) electrons. The molecule has 0 spiro atoms. The molecule has 0 aliphatic carbocycles. The topological polar surface area (TPSA) is 29.5 Å². The van der Waals surface area contributed by atoms with Gasteiger partial charge in [0.15, 0.2) is 6.29 Å². The average molecular weight is 232 g/mol. The molecule has 2 nitrogen and oxygen atoms in total. The second-order valence-electron chi connectivity index (χ2n) is 3.38. The van der Waals surface area contributed by atoms with Crippen molar-refractivity contribution >= 4 is 0 Å². The Labute approximate surface area is 104 Å². The molecule has 0 rings (SSSR count). The molecule has 0 aliphatic heterocycles. The van der Waals surface area contributed by atoms with E-state index in [1.54, 1.807) is 49.5 Å². The van der Waals surface area contributed by atoms with E-state index in [9.17, 15) is 5.11 Å². The van der Waals surface area contributed by atoms with E-state index in [2.05, 4.69) is 19.7 Å². The predicted molar refractivity (Wildman–Crippen MR) is 73.5 cm³/mol. The molecule has 0 fully saturated rings. The third kappa shape index (κ3) is 7.28. The third-order valence-corrected chi connectivity index (χ3v) is 2.00. The Morgan fingerprint density at radius 1 is 1.18 bits per heavy atom. The lowest BCUT2D eigenvalue weighted by molar-refractivity contribution is -0.0623. The summed E-state index contributed by atoms with van der Waals surface area (Å²) in [5.41, 5.74) is 1.60. The number of aliphatic hydroxyl groups is 1. The molecule has 0 aromatic heterocycles. The second kappa shape index (κ2) is 9.58. The van der Waals surface area contributed by atoms with Crippen molar-refractivity contribution in [3.05, 3.63) is 73.4 Å². The van der Waals surface area contributed by atoms with Crippen LogP contribution in [0.3, 0.4) is 0 Å². The van der Waals surface area contributed by atoms with Crippen LogP contribution >= 0.6 is 0 Å². The van der Waals surface area contributed by atoms with Crippen LogP contribution in [0.15, 0.2) is 73.4 Å². The van der Waals surface area contributed by atoms with Gasteiger partial charge in [-0.15, -0.1) is 0 Å². The summed E-state index contributed by atoms with van der Waals surface area (Å²) >= 11 is 0. The van der Waals surface area contributed by atoms with Crippen LogP contribution in [0.4, 0.5) is 0 Å². The summed E-state index contributed by atoms with van der Waals surface area (Å²) in [5.74, 6) is 0. The predicted octanol–water partition coefficient (Wildman–Crippen LogP) is 3.31. The summed E-state index contributed by atoms with van der Waals surface area (Å²) in [6.07, 6.45) is 11.2. The molecule has 0 heterocycles. The Hall–Kier alpha value is -1.64. The highest BCUT2D eigenvalue weighted by atomic mass is 16.6. The van der Waals surface area contributed by atoms with Gasteiger partial charge >= 0.3 is 0 Å². The highest BCUT2D eigenvalue weighted by molar-refractivity contribution is 5.22. The van der Waals surface area contributed by atoms with Crippen LogP contribution in [0, 0.1) is 0 Å². The molecule has 17 heavy (non-hydrogen) atoms. The summed E-state index contributed by atoms with van der Waals surface area (Å²) in [6.45, 7) is 12.9. The Morgan fingerprint density at radius 2 is 1.88 bits per heavy atom. The first-order chi connectivity index (χ1) is 8.15. The van der Waals surface area contributed by atoms with Crippen molar-refractivity contribution in [1.82, 2.24) is 0 Å². The molecular weight excluding hydrogens is 212 g/mol. The van der Waals surface area contributed by atoms with Gasteiger partial charge in [-0.05, 0) is 18.1 Å². The molecule has 0 aromatic rings. The van der Waals surface area contributed by atoms with E-state index in [-0.39, 0.29) is 0 Å². The number of hydrogen-bond acceptors (Lipinski definition) is 2. The maximum atomic E-state index is 9.69. The minimum Gasteiger partial charge on any atom is -0.364 e. The van der Waals surface area contributed by atoms with Crippen LogP contribution in [0.2, 0.25) is 0 Å². The van der Waals surface area contributed by atoms with Crippen molar-refractivity contribution < 1.29 is 9.84 Å². The Kier molecular flexibility index (Phi) is 8.65. The molecule has 1 N–H and O–H groups in total. The summed E-state index contributed by atoms with van der Waals surface area (Å²) in [4.78, 5) is 0. The minimum absolute atomic E-state index is 0.299. The third-order valence-electron chi connectivity index (χ3n) is 2.00. The maximum Gasteiger partial charge on any atom is 0.177 e. The van der Waals surface area contributed by atoms with Gasteiger partial charge < -0.3 is 9.84 Å². The molecule has 0 saturated carbocycles. The zero-order valence-electron chi connectivity index (χ0n) is 10.3. The number of rotatable bonds is 8. The van der Waals surface area contributed by atoms with Crippen LogP contribution in [-0.4, -0.2) is 18.0 Å². The smallest absolute Gasteiger partial charge is 0.177 e. The number of allylic oxidation sites excluding steroid dienone is 6. The van der Waals surface area contributed by atoms with Gasteiger partial charge in [0.2, 0.25) is 0 Å². The van der Waals surface area contributed by atoms with Crippen LogP contribution in [0.1, 0.15) is 6.92 Å². The van der Waals surface area contributed by atoms with Gasteiger partial charge in [0.05, 0.1) is 6.61 Å². The Bertz CT molecular complexity index is 346. The van der Waals surface area contributed by atoms with Crippen LogP contribution < -0.4 is 0 Å². The number of hydrogen-bond donors (Lipinski definition) is 1. The summed E-state index contributed by atoms with van der Waals surface area (Å²) in [5, 5.41) is 9.69. The van der Waals surface area contributed by atoms with Crippen molar-refractivity contribution in [2.75, 3.05) is 6.61 Å². The lowest BCUT2D eigenvalue weighted by atomic mass is 10.2. The van der Waals surface area contributed by atoms with E-state index in [0.29, 0.717) is 6.61 Å². The van der Waals surface area contributed by atoms with Gasteiger partial charge in [-0.1, -0.05) is 62.3 Å². The van der Waals surface area contributed by atoms with E-state index < -0.39 is 6.29 Å². The minimum atomic E-state index is -0.919. The highest BCUT2D eigenvalue weighted by Crippen LogP contribution is 2.06. The standard InChI is InChI=1S/C15H20O2/c1-5-8-9-11-13(4)15(16)17-12-14(7-3)10-6-2/h5-11,15-16H,1-3,12H2,4H3/b9-8-,13-11?,14-10+. The van der Waals surface area contributed by atoms with Gasteiger partial charge in [0, 0.05) is 0 Å². The van der Waals surface area contributed by atoms with Gasteiger partial charge in [0.25, 0.3) is 0 Å². The van der Waals surface area contributed by atoms with Crippen molar-refractivity contribution in [2.45, 2.75) is 13.2 Å². The van der Waals surface area contributed by atoms with Gasteiger partial charge in [-0.2, -0.15) is 0 Å². The molecular formula is C15H20O2. The SMILES string of the molecule is C=C/C=C\C=C(C)C(O)OC/C(C=C)=C/C=C. The van der Waals surface area contributed by atoms with Crippen LogP contribution in [0.5, 0.6) is 0 Å². The van der Waals surface area contributed by atoms with Gasteiger partial charge in [0.1, 0.15) is 0 Å². The van der Waals surface area contributed by atoms with Crippen LogP contribution in [-0.2, 0) is 4.74 Å². The van der Waals surface area contributed by atoms with Crippen molar-refractivity contribution in [1.29, 1.82) is 0 Å². The Morgan fingerprint density at radius 3 is 2.41 bits per heavy atom. The largest absolute Gasteiger partial charge is 0.364 e. The zero-order chi connectivity index (χ0) is 13.1. The van der Waals surface area contributed by atoms with Gasteiger partial charge in [-0.25, -0.2) is 0 Å². The molecule has 0 amide bonds. The molecule has 1 unspecified atom stereocenters. The molecule has 0 aromatic carbocycles. The summed E-state index contributed by atoms with van der Waals surface area (Å²) in [6, 6.07) is 0. The molecule has 0 aliphatic rings. The fourth-order valence-electron chi connectivity index (χ4n) is 1.00. The van der Waals surface area contributed by atoms with E-state index in [4.69, 9.17) is 4.74 Å². The lowest BCUT2D eigenvalue weighted by Crippen LogP contribution is -2.14. The number of aliphatic hydroxyl groups excluding tert-OH is 1. The van der Waals surface area contributed by atoms with Crippen molar-refractivity contribution in [3.8, 4) is 0 Å². The molecule has 1 atom stereocenters. The second-order valence-corrected chi connectivity index (χ2v) is 3.38. The van der Waals surface area contributed by atoms with Crippen molar-refractivity contribution in [3.63, 3.8) is 0 Å². The van der Waals surface area contributed by atoms with Crippen molar-refractivity contribution in [2.24, 2.45) is 0 Å².